The summed E-state index contributed by atoms with van der Waals surface area (Å²) in [6, 6.07) is 12.6. The molecule has 1 N–H and O–H groups in total. The zero-order valence-electron chi connectivity index (χ0n) is 17.1. The smallest absolute Gasteiger partial charge is 0.262 e. The monoisotopic (exact) mass is 445 g/mol. The summed E-state index contributed by atoms with van der Waals surface area (Å²) in [5.41, 5.74) is 2.12. The second-order valence-electron chi connectivity index (χ2n) is 6.92. The van der Waals surface area contributed by atoms with Crippen molar-refractivity contribution in [3.8, 4) is 0 Å². The van der Waals surface area contributed by atoms with Gasteiger partial charge in [0, 0.05) is 31.0 Å². The Morgan fingerprint density at radius 3 is 2.80 bits per heavy atom. The van der Waals surface area contributed by atoms with Crippen LogP contribution >= 0.6 is 23.4 Å². The number of nitrogens with one attached hydrogen (secondary N) is 1. The minimum atomic E-state index is -0.457. The van der Waals surface area contributed by atoms with Gasteiger partial charge < -0.3 is 10.1 Å². The van der Waals surface area contributed by atoms with Crippen molar-refractivity contribution in [2.45, 2.75) is 37.2 Å². The summed E-state index contributed by atoms with van der Waals surface area (Å²) in [6.45, 7) is 4.72. The highest BCUT2D eigenvalue weighted by Crippen LogP contribution is 2.25. The lowest BCUT2D eigenvalue weighted by Gasteiger charge is -2.17. The SMILES string of the molecule is COCCCn1c(SC(C)C(=O)Nc2ccccc2C)nc2cc(Cl)ccc2c1=O. The topological polar surface area (TPSA) is 73.2 Å². The van der Waals surface area contributed by atoms with Gasteiger partial charge in [-0.15, -0.1) is 0 Å². The highest BCUT2D eigenvalue weighted by atomic mass is 35.5. The molecule has 3 aromatic rings. The van der Waals surface area contributed by atoms with Crippen molar-refractivity contribution in [2.75, 3.05) is 19.0 Å². The summed E-state index contributed by atoms with van der Waals surface area (Å²) in [5, 5.41) is 3.98. The van der Waals surface area contributed by atoms with Gasteiger partial charge in [-0.2, -0.15) is 0 Å². The van der Waals surface area contributed by atoms with Gasteiger partial charge in [-0.3, -0.25) is 14.2 Å². The highest BCUT2D eigenvalue weighted by Gasteiger charge is 2.20. The van der Waals surface area contributed by atoms with Gasteiger partial charge >= 0.3 is 0 Å². The van der Waals surface area contributed by atoms with Crippen LogP contribution < -0.4 is 10.9 Å². The maximum absolute atomic E-state index is 13.1. The van der Waals surface area contributed by atoms with E-state index in [9.17, 15) is 9.59 Å². The van der Waals surface area contributed by atoms with E-state index >= 15 is 0 Å². The molecule has 1 atom stereocenters. The van der Waals surface area contributed by atoms with Crippen LogP contribution in [0.3, 0.4) is 0 Å². The minimum Gasteiger partial charge on any atom is -0.385 e. The summed E-state index contributed by atoms with van der Waals surface area (Å²) < 4.78 is 6.73. The predicted molar refractivity (Wildman–Crippen MR) is 123 cm³/mol. The first-order valence-electron chi connectivity index (χ1n) is 9.63. The number of aromatic nitrogens is 2. The first kappa shape index (κ1) is 22.3. The van der Waals surface area contributed by atoms with Gasteiger partial charge in [-0.05, 0) is 50.1 Å². The molecule has 8 heteroatoms. The number of nitrogens with zero attached hydrogens (tertiary/aromatic N) is 2. The largest absolute Gasteiger partial charge is 0.385 e. The van der Waals surface area contributed by atoms with E-state index < -0.39 is 5.25 Å². The summed E-state index contributed by atoms with van der Waals surface area (Å²) in [5.74, 6) is -0.154. The standard InChI is InChI=1S/C22H24ClN3O3S/c1-14-7-4-5-8-18(14)24-20(27)15(2)30-22-25-19-13-16(23)9-10-17(19)21(28)26(22)11-6-12-29-3/h4-5,7-10,13,15H,6,11-12H2,1-3H3,(H,24,27). The third kappa shape index (κ3) is 5.22. The number of hydrogen-bond donors (Lipinski definition) is 1. The van der Waals surface area contributed by atoms with Gasteiger partial charge in [0.2, 0.25) is 5.91 Å². The molecular formula is C22H24ClN3O3S. The summed E-state index contributed by atoms with van der Waals surface area (Å²) in [4.78, 5) is 30.5. The molecule has 6 nitrogen and oxygen atoms in total. The van der Waals surface area contributed by atoms with Crippen LogP contribution in [0.4, 0.5) is 5.69 Å². The Morgan fingerprint density at radius 1 is 1.30 bits per heavy atom. The molecule has 3 rings (SSSR count). The van der Waals surface area contributed by atoms with Gasteiger partial charge in [0.25, 0.3) is 5.56 Å². The average molecular weight is 446 g/mol. The van der Waals surface area contributed by atoms with Gasteiger partial charge in [0.05, 0.1) is 16.2 Å². The summed E-state index contributed by atoms with van der Waals surface area (Å²) >= 11 is 7.34. The van der Waals surface area contributed by atoms with Crippen molar-refractivity contribution in [3.63, 3.8) is 0 Å². The molecule has 1 aromatic heterocycles. The molecule has 30 heavy (non-hydrogen) atoms. The molecule has 0 bridgehead atoms. The molecule has 0 aliphatic carbocycles. The molecular weight excluding hydrogens is 422 g/mol. The quantitative estimate of drug-likeness (QED) is 0.313. The van der Waals surface area contributed by atoms with Crippen molar-refractivity contribution in [1.29, 1.82) is 0 Å². The highest BCUT2D eigenvalue weighted by molar-refractivity contribution is 8.00. The van der Waals surface area contributed by atoms with E-state index in [0.717, 1.165) is 11.3 Å². The first-order chi connectivity index (χ1) is 14.4. The molecule has 0 fully saturated rings. The van der Waals surface area contributed by atoms with E-state index in [0.29, 0.717) is 40.7 Å². The number of thioether (sulfide) groups is 1. The molecule has 2 aromatic carbocycles. The third-order valence-electron chi connectivity index (χ3n) is 4.67. The second kappa shape index (κ2) is 10.1. The predicted octanol–water partition coefficient (Wildman–Crippen LogP) is 4.51. The molecule has 0 spiro atoms. The Hall–Kier alpha value is -2.35. The molecule has 1 unspecified atom stereocenters. The minimum absolute atomic E-state index is 0.151. The average Bonchev–Trinajstić information content (AvgIpc) is 2.71. The molecule has 0 radical (unpaired) electrons. The van der Waals surface area contributed by atoms with Crippen molar-refractivity contribution in [1.82, 2.24) is 9.55 Å². The fourth-order valence-corrected chi connectivity index (χ4v) is 4.09. The normalized spacial score (nSPS) is 12.1. The number of benzene rings is 2. The number of rotatable bonds is 8. The summed E-state index contributed by atoms with van der Waals surface area (Å²) in [6.07, 6.45) is 0.661. The number of carbonyl (C=O) groups excluding carboxylic acids is 1. The van der Waals surface area contributed by atoms with Crippen molar-refractivity contribution >= 4 is 45.9 Å². The molecule has 0 aliphatic heterocycles. The third-order valence-corrected chi connectivity index (χ3v) is 5.99. The second-order valence-corrected chi connectivity index (χ2v) is 8.67. The van der Waals surface area contributed by atoms with Crippen molar-refractivity contribution < 1.29 is 9.53 Å². The maximum atomic E-state index is 13.1. The fraction of sp³-hybridized carbons (Fsp3) is 0.318. The number of halogens is 1. The van der Waals surface area contributed by atoms with E-state index in [4.69, 9.17) is 16.3 Å². The van der Waals surface area contributed by atoms with Crippen LogP contribution in [0, 0.1) is 6.92 Å². The number of amides is 1. The molecule has 0 saturated carbocycles. The molecule has 0 aliphatic rings. The Bertz CT molecular complexity index is 1120. The molecule has 0 saturated heterocycles. The van der Waals surface area contributed by atoms with Crippen LogP contribution in [-0.2, 0) is 16.1 Å². The zero-order chi connectivity index (χ0) is 21.7. The van der Waals surface area contributed by atoms with Gasteiger partial charge in [-0.1, -0.05) is 41.6 Å². The first-order valence-corrected chi connectivity index (χ1v) is 10.9. The van der Waals surface area contributed by atoms with Gasteiger partial charge in [0.15, 0.2) is 5.16 Å². The molecule has 158 valence electrons. The molecule has 1 heterocycles. The lowest BCUT2D eigenvalue weighted by Crippen LogP contribution is -2.27. The summed E-state index contributed by atoms with van der Waals surface area (Å²) in [7, 11) is 1.62. The van der Waals surface area contributed by atoms with Crippen LogP contribution in [-0.4, -0.2) is 34.4 Å². The molecule has 1 amide bonds. The van der Waals surface area contributed by atoms with Crippen molar-refractivity contribution in [2.24, 2.45) is 0 Å². The van der Waals surface area contributed by atoms with E-state index in [2.05, 4.69) is 10.3 Å². The number of ether oxygens (including phenoxy) is 1. The van der Waals surface area contributed by atoms with Crippen LogP contribution in [0.5, 0.6) is 0 Å². The van der Waals surface area contributed by atoms with E-state index in [1.165, 1.54) is 11.8 Å². The van der Waals surface area contributed by atoms with E-state index in [1.807, 2.05) is 31.2 Å². The number of hydrogen-bond acceptors (Lipinski definition) is 5. The van der Waals surface area contributed by atoms with Crippen LogP contribution in [0.1, 0.15) is 18.9 Å². The lowest BCUT2D eigenvalue weighted by molar-refractivity contribution is -0.115. The number of carbonyl (C=O) groups is 1. The number of anilines is 1. The number of methoxy groups -OCH3 is 1. The Balaban J connectivity index is 1.90. The lowest BCUT2D eigenvalue weighted by atomic mass is 10.2. The van der Waals surface area contributed by atoms with Crippen LogP contribution in [0.15, 0.2) is 52.4 Å². The van der Waals surface area contributed by atoms with Crippen LogP contribution in [0.25, 0.3) is 10.9 Å². The van der Waals surface area contributed by atoms with Crippen LogP contribution in [0.2, 0.25) is 5.02 Å². The Labute approximate surface area is 184 Å². The van der Waals surface area contributed by atoms with E-state index in [1.54, 1.807) is 36.8 Å². The maximum Gasteiger partial charge on any atom is 0.262 e. The number of aryl methyl sites for hydroxylation is 1. The number of para-hydroxylation sites is 1. The number of fused-ring (bicyclic) bond motifs is 1. The van der Waals surface area contributed by atoms with Crippen molar-refractivity contribution in [3.05, 3.63) is 63.4 Å². The van der Waals surface area contributed by atoms with Gasteiger partial charge in [-0.25, -0.2) is 4.98 Å². The fourth-order valence-electron chi connectivity index (χ4n) is 2.99. The van der Waals surface area contributed by atoms with Gasteiger partial charge in [0.1, 0.15) is 0 Å². The Morgan fingerprint density at radius 2 is 2.07 bits per heavy atom. The van der Waals surface area contributed by atoms with E-state index in [-0.39, 0.29) is 11.5 Å². The Kier molecular flexibility index (Phi) is 7.53. The zero-order valence-corrected chi connectivity index (χ0v) is 18.7.